The van der Waals surface area contributed by atoms with Crippen LogP contribution in [0.25, 0.3) is 0 Å². The van der Waals surface area contributed by atoms with Crippen molar-refractivity contribution in [2.24, 2.45) is 5.92 Å². The van der Waals surface area contributed by atoms with Crippen molar-refractivity contribution in [2.75, 3.05) is 13.1 Å². The highest BCUT2D eigenvalue weighted by molar-refractivity contribution is 4.85. The van der Waals surface area contributed by atoms with Gasteiger partial charge in [-0.25, -0.2) is 0 Å². The van der Waals surface area contributed by atoms with Crippen LogP contribution in [0.15, 0.2) is 0 Å². The molecule has 0 aromatic rings. The maximum atomic E-state index is 5.73. The van der Waals surface area contributed by atoms with E-state index >= 15 is 0 Å². The molecule has 2 heteroatoms. The van der Waals surface area contributed by atoms with Crippen LogP contribution in [0.4, 0.5) is 0 Å². The summed E-state index contributed by atoms with van der Waals surface area (Å²) in [7, 11) is 0. The van der Waals surface area contributed by atoms with Gasteiger partial charge in [-0.3, -0.25) is 0 Å². The maximum absolute atomic E-state index is 5.73. The third-order valence-corrected chi connectivity index (χ3v) is 2.58. The second-order valence-electron chi connectivity index (χ2n) is 3.47. The molecule has 0 saturated carbocycles. The summed E-state index contributed by atoms with van der Waals surface area (Å²) in [6.07, 6.45) is 3.57. The minimum absolute atomic E-state index is 0.509. The highest BCUT2D eigenvalue weighted by atomic mass is 16.5. The fourth-order valence-electron chi connectivity index (χ4n) is 2.09. The summed E-state index contributed by atoms with van der Waals surface area (Å²) in [6, 6.07) is 0. The van der Waals surface area contributed by atoms with Crippen molar-refractivity contribution in [3.63, 3.8) is 0 Å². The van der Waals surface area contributed by atoms with E-state index in [0.29, 0.717) is 12.2 Å². The van der Waals surface area contributed by atoms with Crippen LogP contribution in [0, 0.1) is 5.92 Å². The summed E-state index contributed by atoms with van der Waals surface area (Å²) in [4.78, 5) is 0. The molecule has 0 aliphatic carbocycles. The van der Waals surface area contributed by atoms with Gasteiger partial charge in [-0.15, -0.1) is 0 Å². The van der Waals surface area contributed by atoms with Crippen LogP contribution in [0.1, 0.15) is 19.8 Å². The normalized spacial score (nSPS) is 47.1. The first kappa shape index (κ1) is 6.62. The van der Waals surface area contributed by atoms with Gasteiger partial charge in [0.1, 0.15) is 0 Å². The summed E-state index contributed by atoms with van der Waals surface area (Å²) < 4.78 is 5.73. The van der Waals surface area contributed by atoms with Crippen molar-refractivity contribution in [2.45, 2.75) is 32.0 Å². The molecular formula is C8H15NO. The molecule has 2 aliphatic heterocycles. The van der Waals surface area contributed by atoms with Crippen LogP contribution in [0.2, 0.25) is 0 Å². The predicted molar refractivity (Wildman–Crippen MR) is 39.9 cm³/mol. The molecule has 0 bridgehead atoms. The lowest BCUT2D eigenvalue weighted by Crippen LogP contribution is -2.37. The average molecular weight is 141 g/mol. The Morgan fingerprint density at radius 1 is 1.50 bits per heavy atom. The zero-order chi connectivity index (χ0) is 6.97. The second-order valence-corrected chi connectivity index (χ2v) is 3.47. The Labute approximate surface area is 61.9 Å². The Morgan fingerprint density at radius 2 is 2.40 bits per heavy atom. The average Bonchev–Trinajstić information content (AvgIpc) is 2.27. The zero-order valence-electron chi connectivity index (χ0n) is 6.47. The topological polar surface area (TPSA) is 21.3 Å². The lowest BCUT2D eigenvalue weighted by Gasteiger charge is -2.24. The van der Waals surface area contributed by atoms with Gasteiger partial charge in [0, 0.05) is 12.5 Å². The van der Waals surface area contributed by atoms with Crippen LogP contribution in [0.3, 0.4) is 0 Å². The Hall–Kier alpha value is -0.0800. The summed E-state index contributed by atoms with van der Waals surface area (Å²) in [6.45, 7) is 4.50. The molecule has 2 aliphatic rings. The number of fused-ring (bicyclic) bond motifs is 1. The van der Waals surface area contributed by atoms with Gasteiger partial charge in [0.25, 0.3) is 0 Å². The molecule has 2 heterocycles. The summed E-state index contributed by atoms with van der Waals surface area (Å²) in [5, 5.41) is 3.40. The molecule has 2 saturated heterocycles. The number of hydrogen-bond acceptors (Lipinski definition) is 2. The number of hydrogen-bond donors (Lipinski definition) is 1. The number of rotatable bonds is 0. The van der Waals surface area contributed by atoms with Crippen molar-refractivity contribution in [3.05, 3.63) is 0 Å². The van der Waals surface area contributed by atoms with Crippen molar-refractivity contribution < 1.29 is 4.74 Å². The zero-order valence-corrected chi connectivity index (χ0v) is 6.47. The van der Waals surface area contributed by atoms with E-state index < -0.39 is 0 Å². The van der Waals surface area contributed by atoms with Gasteiger partial charge in [0.2, 0.25) is 0 Å². The van der Waals surface area contributed by atoms with E-state index in [0.717, 1.165) is 12.5 Å². The molecule has 2 rings (SSSR count). The lowest BCUT2D eigenvalue weighted by atomic mass is 9.95. The van der Waals surface area contributed by atoms with E-state index in [1.54, 1.807) is 0 Å². The Kier molecular flexibility index (Phi) is 1.66. The first-order chi connectivity index (χ1) is 4.86. The van der Waals surface area contributed by atoms with E-state index in [1.807, 2.05) is 0 Å². The van der Waals surface area contributed by atoms with Gasteiger partial charge in [-0.1, -0.05) is 0 Å². The quantitative estimate of drug-likeness (QED) is 0.538. The molecule has 58 valence electrons. The third kappa shape index (κ3) is 1.06. The molecule has 2 fully saturated rings. The molecule has 3 atom stereocenters. The molecule has 3 unspecified atom stereocenters. The monoisotopic (exact) mass is 141 g/mol. The first-order valence-corrected chi connectivity index (χ1v) is 4.22. The van der Waals surface area contributed by atoms with Gasteiger partial charge in [-0.2, -0.15) is 0 Å². The molecular weight excluding hydrogens is 126 g/mol. The van der Waals surface area contributed by atoms with Crippen molar-refractivity contribution >= 4 is 0 Å². The van der Waals surface area contributed by atoms with E-state index in [9.17, 15) is 0 Å². The number of nitrogens with one attached hydrogen (secondary N) is 1. The van der Waals surface area contributed by atoms with Crippen LogP contribution in [-0.4, -0.2) is 25.3 Å². The smallest absolute Gasteiger partial charge is 0.0632 e. The molecule has 10 heavy (non-hydrogen) atoms. The van der Waals surface area contributed by atoms with Gasteiger partial charge in [0.05, 0.1) is 12.2 Å². The Bertz CT molecular complexity index is 112. The fourth-order valence-corrected chi connectivity index (χ4v) is 2.09. The lowest BCUT2D eigenvalue weighted by molar-refractivity contribution is 0.0312. The molecule has 2 nitrogen and oxygen atoms in total. The molecule has 0 spiro atoms. The van der Waals surface area contributed by atoms with E-state index in [2.05, 4.69) is 12.2 Å². The van der Waals surface area contributed by atoms with Gasteiger partial charge in [0.15, 0.2) is 0 Å². The largest absolute Gasteiger partial charge is 0.375 e. The van der Waals surface area contributed by atoms with Crippen molar-refractivity contribution in [1.82, 2.24) is 5.32 Å². The minimum Gasteiger partial charge on any atom is -0.375 e. The first-order valence-electron chi connectivity index (χ1n) is 4.22. The molecule has 0 amide bonds. The second kappa shape index (κ2) is 2.51. The van der Waals surface area contributed by atoms with Crippen LogP contribution in [-0.2, 0) is 4.74 Å². The molecule has 0 radical (unpaired) electrons. The number of piperidine rings is 1. The van der Waals surface area contributed by atoms with Gasteiger partial charge in [-0.05, 0) is 26.3 Å². The molecule has 0 aromatic carbocycles. The number of ether oxygens (including phenoxy) is 1. The van der Waals surface area contributed by atoms with E-state index in [-0.39, 0.29) is 0 Å². The third-order valence-electron chi connectivity index (χ3n) is 2.58. The van der Waals surface area contributed by atoms with Crippen molar-refractivity contribution in [1.29, 1.82) is 0 Å². The Morgan fingerprint density at radius 3 is 3.20 bits per heavy atom. The predicted octanol–water partition coefficient (Wildman–Crippen LogP) is 0.773. The standard InChI is InChI=1S/C8H15NO/c1-6-4-7-5-9-3-2-8(7)10-6/h6-9H,2-5H2,1H3. The van der Waals surface area contributed by atoms with Gasteiger partial charge >= 0.3 is 0 Å². The summed E-state index contributed by atoms with van der Waals surface area (Å²) in [5.41, 5.74) is 0. The van der Waals surface area contributed by atoms with Crippen LogP contribution in [0.5, 0.6) is 0 Å². The highest BCUT2D eigenvalue weighted by Crippen LogP contribution is 2.29. The van der Waals surface area contributed by atoms with Crippen LogP contribution < -0.4 is 5.32 Å². The minimum atomic E-state index is 0.509. The Balaban J connectivity index is 1.97. The van der Waals surface area contributed by atoms with Gasteiger partial charge < -0.3 is 10.1 Å². The van der Waals surface area contributed by atoms with Crippen LogP contribution >= 0.6 is 0 Å². The fraction of sp³-hybridized carbons (Fsp3) is 1.00. The van der Waals surface area contributed by atoms with E-state index in [1.165, 1.54) is 19.4 Å². The SMILES string of the molecule is CC1CC2CNCCC2O1. The molecule has 1 N–H and O–H groups in total. The molecule has 0 aromatic heterocycles. The maximum Gasteiger partial charge on any atom is 0.0632 e. The van der Waals surface area contributed by atoms with E-state index in [4.69, 9.17) is 4.74 Å². The highest BCUT2D eigenvalue weighted by Gasteiger charge is 2.34. The summed E-state index contributed by atoms with van der Waals surface area (Å²) >= 11 is 0. The summed E-state index contributed by atoms with van der Waals surface area (Å²) in [5.74, 6) is 0.809. The van der Waals surface area contributed by atoms with Crippen molar-refractivity contribution in [3.8, 4) is 0 Å².